The van der Waals surface area contributed by atoms with E-state index < -0.39 is 5.41 Å². The average Bonchev–Trinajstić information content (AvgIpc) is 3.83. The lowest BCUT2D eigenvalue weighted by Crippen LogP contribution is -2.32. The summed E-state index contributed by atoms with van der Waals surface area (Å²) in [4.78, 5) is 8.01. The Morgan fingerprint density at radius 2 is 1.18 bits per heavy atom. The number of rotatable bonds is 4. The molecular formula is C57H37N3S. The molecule has 61 heavy (non-hydrogen) atoms. The van der Waals surface area contributed by atoms with Gasteiger partial charge in [0.15, 0.2) is 0 Å². The number of aliphatic imine (C=N–C) groups is 1. The summed E-state index contributed by atoms with van der Waals surface area (Å²) in [5, 5.41) is 8.94. The maximum absolute atomic E-state index is 5.43. The first kappa shape index (κ1) is 34.5. The molecule has 9 aromatic carbocycles. The van der Waals surface area contributed by atoms with Gasteiger partial charge in [0.25, 0.3) is 0 Å². The molecular weight excluding hydrogens is 759 g/mol. The summed E-state index contributed by atoms with van der Waals surface area (Å²) >= 11 is 1.87. The van der Waals surface area contributed by atoms with Gasteiger partial charge in [0.1, 0.15) is 5.84 Å². The molecule has 0 amide bonds. The van der Waals surface area contributed by atoms with Crippen molar-refractivity contribution >= 4 is 55.9 Å². The van der Waals surface area contributed by atoms with Gasteiger partial charge in [0, 0.05) is 37.4 Å². The number of fused-ring (bicyclic) bond motifs is 14. The van der Waals surface area contributed by atoms with Crippen molar-refractivity contribution in [2.24, 2.45) is 4.99 Å². The molecule has 3 aliphatic rings. The van der Waals surface area contributed by atoms with Gasteiger partial charge in [0.05, 0.1) is 28.2 Å². The normalized spacial score (nSPS) is 15.8. The van der Waals surface area contributed by atoms with Crippen LogP contribution >= 0.6 is 11.8 Å². The van der Waals surface area contributed by atoms with Crippen molar-refractivity contribution in [3.05, 3.63) is 251 Å². The molecule has 286 valence electrons. The van der Waals surface area contributed by atoms with Crippen LogP contribution in [0.2, 0.25) is 0 Å². The monoisotopic (exact) mass is 795 g/mol. The summed E-state index contributed by atoms with van der Waals surface area (Å²) in [6, 6.07) is 75.5. The molecule has 1 unspecified atom stereocenters. The lowest BCUT2D eigenvalue weighted by atomic mass is 9.67. The van der Waals surface area contributed by atoms with Crippen LogP contribution in [0.4, 0.5) is 0 Å². The van der Waals surface area contributed by atoms with Crippen molar-refractivity contribution in [2.75, 3.05) is 0 Å². The molecule has 1 atom stereocenters. The molecule has 4 heteroatoms. The minimum Gasteiger partial charge on any atom is -0.359 e. The number of benzene rings is 9. The maximum Gasteiger partial charge on any atom is 0.134 e. The minimum absolute atomic E-state index is 0.135. The van der Waals surface area contributed by atoms with Crippen molar-refractivity contribution in [1.82, 2.24) is 9.88 Å². The highest BCUT2D eigenvalue weighted by Gasteiger charge is 2.50. The molecule has 0 saturated carbocycles. The van der Waals surface area contributed by atoms with Gasteiger partial charge in [-0.25, -0.2) is 4.99 Å². The second-order valence-corrected chi connectivity index (χ2v) is 17.4. The number of nitrogens with one attached hydrogen (secondary N) is 1. The van der Waals surface area contributed by atoms with Crippen LogP contribution in [0.1, 0.15) is 45.0 Å². The number of hydrogen-bond acceptors (Lipinski definition) is 3. The summed E-state index contributed by atoms with van der Waals surface area (Å²) in [5.74, 6) is 0.862. The van der Waals surface area contributed by atoms with Gasteiger partial charge in [-0.2, -0.15) is 0 Å². The third-order valence-corrected chi connectivity index (χ3v) is 14.2. The molecule has 3 nitrogen and oxygen atoms in total. The van der Waals surface area contributed by atoms with Gasteiger partial charge in [-0.05, 0) is 98.3 Å². The fourth-order valence-corrected chi connectivity index (χ4v) is 11.7. The topological polar surface area (TPSA) is 29.3 Å². The fraction of sp³-hybridized carbons (Fsp3) is 0.0351. The van der Waals surface area contributed by atoms with E-state index in [1.165, 1.54) is 81.3 Å². The van der Waals surface area contributed by atoms with Gasteiger partial charge >= 0.3 is 0 Å². The molecule has 1 N–H and O–H groups in total. The van der Waals surface area contributed by atoms with E-state index in [1.54, 1.807) is 0 Å². The van der Waals surface area contributed by atoms with E-state index in [0.29, 0.717) is 0 Å². The Morgan fingerprint density at radius 3 is 2.02 bits per heavy atom. The molecule has 3 heterocycles. The average molecular weight is 796 g/mol. The zero-order chi connectivity index (χ0) is 40.1. The summed E-state index contributed by atoms with van der Waals surface area (Å²) < 4.78 is 2.43. The zero-order valence-corrected chi connectivity index (χ0v) is 33.9. The predicted octanol–water partition coefficient (Wildman–Crippen LogP) is 13.9. The van der Waals surface area contributed by atoms with Crippen molar-refractivity contribution in [3.63, 3.8) is 0 Å². The zero-order valence-electron chi connectivity index (χ0n) is 33.1. The quantitative estimate of drug-likeness (QED) is 0.192. The second kappa shape index (κ2) is 13.3. The first-order chi connectivity index (χ1) is 30.2. The Bertz CT molecular complexity index is 3460. The maximum atomic E-state index is 5.43. The van der Waals surface area contributed by atoms with Crippen molar-refractivity contribution in [3.8, 4) is 16.8 Å². The smallest absolute Gasteiger partial charge is 0.134 e. The second-order valence-electron chi connectivity index (χ2n) is 16.3. The van der Waals surface area contributed by atoms with Crippen LogP contribution in [0.3, 0.4) is 0 Å². The van der Waals surface area contributed by atoms with E-state index in [-0.39, 0.29) is 6.04 Å². The van der Waals surface area contributed by atoms with Crippen LogP contribution in [0.5, 0.6) is 0 Å². The summed E-state index contributed by atoms with van der Waals surface area (Å²) in [6.07, 6.45) is 2.32. The third kappa shape index (κ3) is 5.03. The number of amidine groups is 1. The summed E-state index contributed by atoms with van der Waals surface area (Å²) in [5.41, 5.74) is 15.3. The SMILES string of the molecule is C1=C(c2ccc3c(c2)C2(c4ccccc4S3)c3ccccc3-c3ccccc32)N=C(c2ccccc2)NC1c1cccc(-n2c3ccccc3c3c4ccccc4ccc32)c1. The molecule has 2 aliphatic heterocycles. The molecule has 1 aromatic heterocycles. The predicted molar refractivity (Wildman–Crippen MR) is 253 cm³/mol. The van der Waals surface area contributed by atoms with Crippen LogP contribution < -0.4 is 5.32 Å². The minimum atomic E-state index is -0.457. The van der Waals surface area contributed by atoms with Crippen LogP contribution in [0.15, 0.2) is 227 Å². The highest BCUT2D eigenvalue weighted by Crippen LogP contribution is 2.62. The summed E-state index contributed by atoms with van der Waals surface area (Å²) in [7, 11) is 0. The molecule has 0 bridgehead atoms. The van der Waals surface area contributed by atoms with Gasteiger partial charge in [0.2, 0.25) is 0 Å². The lowest BCUT2D eigenvalue weighted by Gasteiger charge is -2.40. The number of aromatic nitrogens is 1. The third-order valence-electron chi connectivity index (χ3n) is 13.1. The molecule has 0 radical (unpaired) electrons. The van der Waals surface area contributed by atoms with Gasteiger partial charge in [-0.15, -0.1) is 0 Å². The standard InChI is InChI=1S/C57H37N3S/c1-2-16-37(17-3-1)56-58-49(38-18-14-19-40(33-38)60-51-27-12-8-23-44(51)55-41-20-5-4-15-36(41)29-31-52(55)60)35-50(59-56)39-30-32-54-48(34-39)57(47-26-11-13-28-53(47)61-54)45-24-9-6-21-42(45)43-22-7-10-25-46(43)57/h1-35,49H,(H,58,59). The number of nitrogens with zero attached hydrogens (tertiary/aromatic N) is 2. The largest absolute Gasteiger partial charge is 0.359 e. The van der Waals surface area contributed by atoms with Crippen LogP contribution in [0, 0.1) is 0 Å². The number of hydrogen-bond donors (Lipinski definition) is 1. The molecule has 1 spiro atoms. The van der Waals surface area contributed by atoms with Crippen molar-refractivity contribution < 1.29 is 0 Å². The highest BCUT2D eigenvalue weighted by molar-refractivity contribution is 7.99. The highest BCUT2D eigenvalue weighted by atomic mass is 32.2. The molecule has 0 fully saturated rings. The van der Waals surface area contributed by atoms with Crippen LogP contribution in [-0.4, -0.2) is 10.4 Å². The van der Waals surface area contributed by atoms with E-state index >= 15 is 0 Å². The first-order valence-electron chi connectivity index (χ1n) is 21.0. The Balaban J connectivity index is 0.995. The summed E-state index contributed by atoms with van der Waals surface area (Å²) in [6.45, 7) is 0. The molecule has 0 saturated heterocycles. The van der Waals surface area contributed by atoms with E-state index in [1.807, 2.05) is 11.8 Å². The van der Waals surface area contributed by atoms with E-state index in [0.717, 1.165) is 28.3 Å². The van der Waals surface area contributed by atoms with E-state index in [4.69, 9.17) is 4.99 Å². The van der Waals surface area contributed by atoms with Crippen molar-refractivity contribution in [2.45, 2.75) is 21.2 Å². The molecule has 1 aliphatic carbocycles. The molecule has 10 aromatic rings. The van der Waals surface area contributed by atoms with Gasteiger partial charge < -0.3 is 9.88 Å². The van der Waals surface area contributed by atoms with Gasteiger partial charge in [-0.1, -0.05) is 176 Å². The fourth-order valence-electron chi connectivity index (χ4n) is 10.5. The van der Waals surface area contributed by atoms with E-state index in [9.17, 15) is 0 Å². The Hall–Kier alpha value is -7.40. The lowest BCUT2D eigenvalue weighted by molar-refractivity contribution is 0.721. The number of para-hydroxylation sites is 1. The van der Waals surface area contributed by atoms with Crippen LogP contribution in [0.25, 0.3) is 55.1 Å². The Labute approximate surface area is 358 Å². The Kier molecular flexibility index (Phi) is 7.52. The van der Waals surface area contributed by atoms with Crippen LogP contribution in [-0.2, 0) is 5.41 Å². The molecule has 13 rings (SSSR count). The van der Waals surface area contributed by atoms with Crippen molar-refractivity contribution in [1.29, 1.82) is 0 Å². The Morgan fingerprint density at radius 1 is 0.492 bits per heavy atom. The van der Waals surface area contributed by atoms with E-state index in [2.05, 4.69) is 222 Å². The van der Waals surface area contributed by atoms with Gasteiger partial charge in [-0.3, -0.25) is 0 Å². The first-order valence-corrected chi connectivity index (χ1v) is 21.8.